The average molecular weight is 346 g/mol. The first-order valence-corrected chi connectivity index (χ1v) is 8.70. The summed E-state index contributed by atoms with van der Waals surface area (Å²) >= 11 is 0. The molecule has 1 aromatic carbocycles. The van der Waals surface area contributed by atoms with Gasteiger partial charge in [0, 0.05) is 24.9 Å². The Morgan fingerprint density at radius 1 is 1.38 bits per heavy atom. The summed E-state index contributed by atoms with van der Waals surface area (Å²) in [5.41, 5.74) is 4.24. The monoisotopic (exact) mass is 346 g/mol. The number of carbonyl (C=O) groups excluding carboxylic acids is 1. The molecule has 1 aliphatic carbocycles. The number of allylic oxidation sites excluding steroid dienone is 2. The highest BCUT2D eigenvalue weighted by Gasteiger charge is 2.28. The van der Waals surface area contributed by atoms with Crippen molar-refractivity contribution in [2.75, 3.05) is 0 Å². The van der Waals surface area contributed by atoms with Gasteiger partial charge in [-0.3, -0.25) is 9.36 Å². The predicted molar refractivity (Wildman–Crippen MR) is 95.9 cm³/mol. The van der Waals surface area contributed by atoms with Gasteiger partial charge in [-0.05, 0) is 49.5 Å². The molecule has 6 heteroatoms. The van der Waals surface area contributed by atoms with Crippen LogP contribution in [0.1, 0.15) is 55.8 Å². The molecule has 0 saturated carbocycles. The normalized spacial score (nSPS) is 18.5. The fourth-order valence-corrected chi connectivity index (χ4v) is 3.50. The fourth-order valence-electron chi connectivity index (χ4n) is 3.50. The molecule has 0 bridgehead atoms. The number of nitriles is 1. The zero-order valence-electron chi connectivity index (χ0n) is 14.5. The summed E-state index contributed by atoms with van der Waals surface area (Å²) in [5.74, 6) is 0.145. The van der Waals surface area contributed by atoms with Gasteiger partial charge in [0.15, 0.2) is 5.82 Å². The zero-order chi connectivity index (χ0) is 18.1. The summed E-state index contributed by atoms with van der Waals surface area (Å²) in [6, 6.07) is 7.72. The molecule has 1 aliphatic heterocycles. The van der Waals surface area contributed by atoms with Crippen LogP contribution in [0, 0.1) is 11.3 Å². The molecular formula is C20H18N4O2. The lowest BCUT2D eigenvalue weighted by Gasteiger charge is -2.17. The number of fused-ring (bicyclic) bond motifs is 3. The number of nitrogens with zero attached hydrogens (tertiary/aromatic N) is 4. The van der Waals surface area contributed by atoms with Crippen LogP contribution in [-0.2, 0) is 9.53 Å². The summed E-state index contributed by atoms with van der Waals surface area (Å²) < 4.78 is 7.34. The number of imidazole rings is 1. The molecule has 0 N–H and O–H groups in total. The molecule has 0 radical (unpaired) electrons. The van der Waals surface area contributed by atoms with Crippen molar-refractivity contribution in [3.8, 4) is 11.8 Å². The molecule has 1 aromatic heterocycles. The molecule has 1 unspecified atom stereocenters. The van der Waals surface area contributed by atoms with E-state index in [9.17, 15) is 10.1 Å². The van der Waals surface area contributed by atoms with Crippen LogP contribution < -0.4 is 0 Å². The van der Waals surface area contributed by atoms with Crippen molar-refractivity contribution in [1.82, 2.24) is 9.55 Å². The molecule has 2 aliphatic rings. The third-order valence-corrected chi connectivity index (χ3v) is 4.65. The topological polar surface area (TPSA) is 80.3 Å². The predicted octanol–water partition coefficient (Wildman–Crippen LogP) is 3.61. The van der Waals surface area contributed by atoms with Crippen LogP contribution in [0.2, 0.25) is 0 Å². The Morgan fingerprint density at radius 2 is 2.27 bits per heavy atom. The van der Waals surface area contributed by atoms with E-state index in [1.54, 1.807) is 12.3 Å². The summed E-state index contributed by atoms with van der Waals surface area (Å²) in [7, 11) is 0. The molecule has 0 spiro atoms. The van der Waals surface area contributed by atoms with Crippen molar-refractivity contribution < 1.29 is 9.53 Å². The van der Waals surface area contributed by atoms with Crippen LogP contribution in [0.25, 0.3) is 5.69 Å². The number of hydrogen-bond donors (Lipinski definition) is 0. The van der Waals surface area contributed by atoms with Gasteiger partial charge in [-0.1, -0.05) is 6.08 Å². The van der Waals surface area contributed by atoms with E-state index in [1.165, 1.54) is 6.92 Å². The first-order chi connectivity index (χ1) is 12.7. The Morgan fingerprint density at radius 3 is 3.00 bits per heavy atom. The number of aliphatic imine (C=N–C) groups is 1. The fraction of sp³-hybridized carbons (Fsp3) is 0.300. The second-order valence-electron chi connectivity index (χ2n) is 6.41. The van der Waals surface area contributed by atoms with Gasteiger partial charge in [0.25, 0.3) is 6.23 Å². The lowest BCUT2D eigenvalue weighted by molar-refractivity contribution is -0.146. The number of hydrogen-bond acceptors (Lipinski definition) is 5. The van der Waals surface area contributed by atoms with Crippen LogP contribution in [0.5, 0.6) is 0 Å². The van der Waals surface area contributed by atoms with E-state index in [0.29, 0.717) is 11.4 Å². The molecule has 0 saturated heterocycles. The quantitative estimate of drug-likeness (QED) is 0.778. The van der Waals surface area contributed by atoms with Crippen LogP contribution in [0.4, 0.5) is 0 Å². The summed E-state index contributed by atoms with van der Waals surface area (Å²) in [4.78, 5) is 20.8. The second kappa shape index (κ2) is 6.60. The van der Waals surface area contributed by atoms with Crippen molar-refractivity contribution >= 4 is 11.7 Å². The molecule has 26 heavy (non-hydrogen) atoms. The molecule has 0 amide bonds. The number of ether oxygens (including phenoxy) is 1. The van der Waals surface area contributed by atoms with E-state index in [-0.39, 0.29) is 0 Å². The molecule has 2 heterocycles. The van der Waals surface area contributed by atoms with Gasteiger partial charge < -0.3 is 4.74 Å². The van der Waals surface area contributed by atoms with Gasteiger partial charge in [0.1, 0.15) is 0 Å². The largest absolute Gasteiger partial charge is 0.432 e. The molecule has 0 fully saturated rings. The Bertz CT molecular complexity index is 978. The average Bonchev–Trinajstić information content (AvgIpc) is 3.10. The zero-order valence-corrected chi connectivity index (χ0v) is 14.5. The third-order valence-electron chi connectivity index (χ3n) is 4.65. The number of carbonyl (C=O) groups is 1. The molecule has 130 valence electrons. The highest BCUT2D eigenvalue weighted by atomic mass is 16.6. The lowest BCUT2D eigenvalue weighted by Crippen LogP contribution is -2.13. The van der Waals surface area contributed by atoms with Crippen LogP contribution in [0.15, 0.2) is 47.2 Å². The minimum Gasteiger partial charge on any atom is -0.432 e. The molecule has 2 aromatic rings. The smallest absolute Gasteiger partial charge is 0.304 e. The van der Waals surface area contributed by atoms with E-state index >= 15 is 0 Å². The van der Waals surface area contributed by atoms with Crippen molar-refractivity contribution in [2.45, 2.75) is 38.8 Å². The third kappa shape index (κ3) is 2.82. The number of aromatic nitrogens is 2. The standard InChI is InChI=1S/C20H18N4O2/c1-13(25)26-20-19-22-9-10-24(19)17-8-7-14(12-21)11-16(17)18(23-20)15-5-3-2-4-6-15/h5,7-11,20H,2-4,6H2,1H3. The van der Waals surface area contributed by atoms with E-state index in [4.69, 9.17) is 9.73 Å². The SMILES string of the molecule is CC(=O)OC1N=C(C2=CCCCC2)c2cc(C#N)ccc2-n2ccnc21. The van der Waals surface area contributed by atoms with Crippen molar-refractivity contribution in [1.29, 1.82) is 5.26 Å². The first-order valence-electron chi connectivity index (χ1n) is 8.70. The van der Waals surface area contributed by atoms with Crippen LogP contribution in [-0.4, -0.2) is 21.2 Å². The van der Waals surface area contributed by atoms with Crippen molar-refractivity contribution in [3.05, 3.63) is 59.2 Å². The molecular weight excluding hydrogens is 328 g/mol. The Labute approximate surface area is 151 Å². The maximum Gasteiger partial charge on any atom is 0.304 e. The van der Waals surface area contributed by atoms with Gasteiger partial charge in [-0.25, -0.2) is 9.98 Å². The summed E-state index contributed by atoms with van der Waals surface area (Å²) in [5, 5.41) is 9.34. The van der Waals surface area contributed by atoms with E-state index in [2.05, 4.69) is 17.1 Å². The van der Waals surface area contributed by atoms with Crippen LogP contribution in [0.3, 0.4) is 0 Å². The second-order valence-corrected chi connectivity index (χ2v) is 6.41. The van der Waals surface area contributed by atoms with E-state index in [1.807, 2.05) is 22.9 Å². The van der Waals surface area contributed by atoms with Gasteiger partial charge in [-0.2, -0.15) is 5.26 Å². The van der Waals surface area contributed by atoms with E-state index < -0.39 is 12.2 Å². The maximum absolute atomic E-state index is 11.6. The number of rotatable bonds is 2. The molecule has 6 nitrogen and oxygen atoms in total. The maximum atomic E-state index is 11.6. The van der Waals surface area contributed by atoms with Crippen molar-refractivity contribution in [3.63, 3.8) is 0 Å². The molecule has 1 atom stereocenters. The molecule has 4 rings (SSSR count). The minimum absolute atomic E-state index is 0.408. The Balaban J connectivity index is 1.96. The minimum atomic E-state index is -0.807. The van der Waals surface area contributed by atoms with Gasteiger partial charge in [0.2, 0.25) is 0 Å². The van der Waals surface area contributed by atoms with Gasteiger partial charge in [-0.15, -0.1) is 0 Å². The Kier molecular flexibility index (Phi) is 4.13. The lowest BCUT2D eigenvalue weighted by atomic mass is 9.91. The van der Waals surface area contributed by atoms with Gasteiger partial charge in [0.05, 0.1) is 23.0 Å². The van der Waals surface area contributed by atoms with Crippen molar-refractivity contribution in [2.24, 2.45) is 4.99 Å². The summed E-state index contributed by atoms with van der Waals surface area (Å²) in [6.07, 6.45) is 9.06. The number of benzene rings is 1. The van der Waals surface area contributed by atoms with E-state index in [0.717, 1.165) is 48.2 Å². The van der Waals surface area contributed by atoms with Crippen LogP contribution >= 0.6 is 0 Å². The number of esters is 1. The first kappa shape index (κ1) is 16.3. The highest BCUT2D eigenvalue weighted by Crippen LogP contribution is 2.33. The summed E-state index contributed by atoms with van der Waals surface area (Å²) in [6.45, 7) is 1.37. The Hall–Kier alpha value is -3.20. The highest BCUT2D eigenvalue weighted by molar-refractivity contribution is 6.15. The van der Waals surface area contributed by atoms with Gasteiger partial charge >= 0.3 is 5.97 Å².